The largest absolute Gasteiger partial charge is 0.369 e. The lowest BCUT2D eigenvalue weighted by Gasteiger charge is -2.21. The minimum atomic E-state index is 0.208. The highest BCUT2D eigenvalue weighted by atomic mass is 35.5. The summed E-state index contributed by atoms with van der Waals surface area (Å²) in [7, 11) is 0. The molecule has 2 rings (SSSR count). The Bertz CT molecular complexity index is 336. The Balaban J connectivity index is 2.26. The van der Waals surface area contributed by atoms with Gasteiger partial charge in [0, 0.05) is 29.8 Å². The third-order valence-corrected chi connectivity index (χ3v) is 2.93. The lowest BCUT2D eigenvalue weighted by molar-refractivity contribution is 0.693. The van der Waals surface area contributed by atoms with Crippen LogP contribution in [0.1, 0.15) is 12.5 Å². The van der Waals surface area contributed by atoms with Crippen molar-refractivity contribution in [2.75, 3.05) is 18.0 Å². The number of anilines is 1. The summed E-state index contributed by atoms with van der Waals surface area (Å²) in [5.41, 5.74) is 8.32. The molecule has 1 aliphatic heterocycles. The summed E-state index contributed by atoms with van der Waals surface area (Å²) in [6, 6.07) is 6.28. The SMILES string of the molecule is CC(N)CN1CCc2c(Cl)cccc21. The smallest absolute Gasteiger partial charge is 0.0459 e. The van der Waals surface area contributed by atoms with Gasteiger partial charge in [0.25, 0.3) is 0 Å². The first kappa shape index (κ1) is 9.81. The van der Waals surface area contributed by atoms with Crippen LogP contribution in [0, 0.1) is 0 Å². The molecule has 2 nitrogen and oxygen atoms in total. The molecule has 1 aromatic carbocycles. The first-order valence-corrected chi connectivity index (χ1v) is 5.34. The van der Waals surface area contributed by atoms with Crippen LogP contribution in [0.4, 0.5) is 5.69 Å². The van der Waals surface area contributed by atoms with Crippen molar-refractivity contribution in [1.82, 2.24) is 0 Å². The van der Waals surface area contributed by atoms with Crippen LogP contribution in [0.3, 0.4) is 0 Å². The average Bonchev–Trinajstić information content (AvgIpc) is 2.49. The molecule has 0 saturated carbocycles. The van der Waals surface area contributed by atoms with Gasteiger partial charge >= 0.3 is 0 Å². The Labute approximate surface area is 89.7 Å². The van der Waals surface area contributed by atoms with Crippen molar-refractivity contribution in [3.8, 4) is 0 Å². The number of benzene rings is 1. The van der Waals surface area contributed by atoms with Gasteiger partial charge in [-0.1, -0.05) is 17.7 Å². The molecule has 0 spiro atoms. The number of rotatable bonds is 2. The van der Waals surface area contributed by atoms with E-state index >= 15 is 0 Å². The Morgan fingerprint density at radius 2 is 2.36 bits per heavy atom. The molecule has 0 saturated heterocycles. The van der Waals surface area contributed by atoms with Crippen molar-refractivity contribution in [2.24, 2.45) is 5.73 Å². The van der Waals surface area contributed by atoms with E-state index in [-0.39, 0.29) is 6.04 Å². The molecule has 0 bridgehead atoms. The maximum absolute atomic E-state index is 6.11. The van der Waals surface area contributed by atoms with Gasteiger partial charge in [-0.2, -0.15) is 0 Å². The van der Waals surface area contributed by atoms with Gasteiger partial charge in [-0.3, -0.25) is 0 Å². The fourth-order valence-electron chi connectivity index (χ4n) is 2.00. The summed E-state index contributed by atoms with van der Waals surface area (Å²) < 4.78 is 0. The molecule has 1 heterocycles. The number of hydrogen-bond acceptors (Lipinski definition) is 2. The van der Waals surface area contributed by atoms with Gasteiger partial charge in [0.15, 0.2) is 0 Å². The van der Waals surface area contributed by atoms with Crippen LogP contribution in [-0.2, 0) is 6.42 Å². The molecular formula is C11H15ClN2. The van der Waals surface area contributed by atoms with Crippen LogP contribution < -0.4 is 10.6 Å². The summed E-state index contributed by atoms with van der Waals surface area (Å²) in [6.45, 7) is 3.98. The summed E-state index contributed by atoms with van der Waals surface area (Å²) in [5, 5.41) is 0.884. The van der Waals surface area contributed by atoms with E-state index in [1.807, 2.05) is 19.1 Å². The van der Waals surface area contributed by atoms with E-state index in [0.717, 1.165) is 24.5 Å². The minimum Gasteiger partial charge on any atom is -0.369 e. The van der Waals surface area contributed by atoms with Crippen LogP contribution in [0.25, 0.3) is 0 Å². The van der Waals surface area contributed by atoms with E-state index in [1.54, 1.807) is 0 Å². The standard InChI is InChI=1S/C11H15ClN2/c1-8(13)7-14-6-5-9-10(12)3-2-4-11(9)14/h2-4,8H,5-7,13H2,1H3. The highest BCUT2D eigenvalue weighted by Gasteiger charge is 2.21. The van der Waals surface area contributed by atoms with Crippen molar-refractivity contribution in [3.05, 3.63) is 28.8 Å². The van der Waals surface area contributed by atoms with E-state index in [1.165, 1.54) is 11.3 Å². The van der Waals surface area contributed by atoms with E-state index in [0.29, 0.717) is 0 Å². The third-order valence-electron chi connectivity index (χ3n) is 2.57. The maximum Gasteiger partial charge on any atom is 0.0459 e. The second kappa shape index (κ2) is 3.79. The minimum absolute atomic E-state index is 0.208. The number of nitrogens with zero attached hydrogens (tertiary/aromatic N) is 1. The van der Waals surface area contributed by atoms with E-state index in [4.69, 9.17) is 17.3 Å². The third kappa shape index (κ3) is 1.72. The molecule has 1 aromatic rings. The Kier molecular flexibility index (Phi) is 2.66. The predicted octanol–water partition coefficient (Wildman–Crippen LogP) is 2.05. The molecule has 1 atom stereocenters. The average molecular weight is 211 g/mol. The van der Waals surface area contributed by atoms with Crippen LogP contribution in [0.5, 0.6) is 0 Å². The number of halogens is 1. The van der Waals surface area contributed by atoms with Crippen LogP contribution in [0.15, 0.2) is 18.2 Å². The maximum atomic E-state index is 6.11. The first-order chi connectivity index (χ1) is 6.68. The van der Waals surface area contributed by atoms with Gasteiger partial charge in [0.2, 0.25) is 0 Å². The van der Waals surface area contributed by atoms with Crippen LogP contribution in [-0.4, -0.2) is 19.1 Å². The molecule has 0 aromatic heterocycles. The lowest BCUT2D eigenvalue weighted by atomic mass is 10.2. The number of fused-ring (bicyclic) bond motifs is 1. The first-order valence-electron chi connectivity index (χ1n) is 4.96. The highest BCUT2D eigenvalue weighted by Crippen LogP contribution is 2.32. The molecule has 2 N–H and O–H groups in total. The Morgan fingerprint density at radius 1 is 1.57 bits per heavy atom. The molecule has 14 heavy (non-hydrogen) atoms. The fraction of sp³-hybridized carbons (Fsp3) is 0.455. The molecule has 3 heteroatoms. The van der Waals surface area contributed by atoms with Crippen LogP contribution in [0.2, 0.25) is 5.02 Å². The Hall–Kier alpha value is -0.730. The van der Waals surface area contributed by atoms with E-state index < -0.39 is 0 Å². The van der Waals surface area contributed by atoms with E-state index in [9.17, 15) is 0 Å². The molecule has 1 unspecified atom stereocenters. The normalized spacial score (nSPS) is 16.9. The second-order valence-electron chi connectivity index (χ2n) is 3.91. The van der Waals surface area contributed by atoms with Gasteiger partial charge in [-0.25, -0.2) is 0 Å². The number of nitrogens with two attached hydrogens (primary N) is 1. The summed E-state index contributed by atoms with van der Waals surface area (Å²) >= 11 is 6.11. The second-order valence-corrected chi connectivity index (χ2v) is 4.32. The zero-order chi connectivity index (χ0) is 10.1. The zero-order valence-electron chi connectivity index (χ0n) is 8.33. The van der Waals surface area contributed by atoms with E-state index in [2.05, 4.69) is 11.0 Å². The zero-order valence-corrected chi connectivity index (χ0v) is 9.09. The van der Waals surface area contributed by atoms with Gasteiger partial charge in [0.1, 0.15) is 0 Å². The van der Waals surface area contributed by atoms with Gasteiger partial charge < -0.3 is 10.6 Å². The summed E-state index contributed by atoms with van der Waals surface area (Å²) in [5.74, 6) is 0. The monoisotopic (exact) mass is 210 g/mol. The van der Waals surface area contributed by atoms with Crippen molar-refractivity contribution in [3.63, 3.8) is 0 Å². The van der Waals surface area contributed by atoms with Crippen molar-refractivity contribution >= 4 is 17.3 Å². The van der Waals surface area contributed by atoms with Gasteiger partial charge in [-0.15, -0.1) is 0 Å². The van der Waals surface area contributed by atoms with Gasteiger partial charge in [-0.05, 0) is 31.0 Å². The predicted molar refractivity (Wildman–Crippen MR) is 61.0 cm³/mol. The molecule has 0 fully saturated rings. The molecular weight excluding hydrogens is 196 g/mol. The van der Waals surface area contributed by atoms with Gasteiger partial charge in [0.05, 0.1) is 0 Å². The molecule has 76 valence electrons. The van der Waals surface area contributed by atoms with Crippen molar-refractivity contribution in [2.45, 2.75) is 19.4 Å². The van der Waals surface area contributed by atoms with Crippen molar-refractivity contribution in [1.29, 1.82) is 0 Å². The Morgan fingerprint density at radius 3 is 3.07 bits per heavy atom. The molecule has 0 aliphatic carbocycles. The quantitative estimate of drug-likeness (QED) is 0.810. The lowest BCUT2D eigenvalue weighted by Crippen LogP contribution is -2.34. The fourth-order valence-corrected chi connectivity index (χ4v) is 2.26. The summed E-state index contributed by atoms with van der Waals surface area (Å²) in [6.07, 6.45) is 1.04. The molecule has 0 amide bonds. The molecule has 0 radical (unpaired) electrons. The summed E-state index contributed by atoms with van der Waals surface area (Å²) in [4.78, 5) is 2.31. The highest BCUT2D eigenvalue weighted by molar-refractivity contribution is 6.31. The molecule has 1 aliphatic rings. The van der Waals surface area contributed by atoms with Crippen molar-refractivity contribution < 1.29 is 0 Å². The topological polar surface area (TPSA) is 29.3 Å². The van der Waals surface area contributed by atoms with Crippen LogP contribution >= 0.6 is 11.6 Å². The number of hydrogen-bond donors (Lipinski definition) is 1.